The van der Waals surface area contributed by atoms with Crippen LogP contribution in [-0.4, -0.2) is 19.6 Å². The second-order valence-corrected chi connectivity index (χ2v) is 4.11. The Bertz CT molecular complexity index is 108. The highest BCUT2D eigenvalue weighted by molar-refractivity contribution is 4.69. The summed E-state index contributed by atoms with van der Waals surface area (Å²) < 4.78 is 0. The topological polar surface area (TPSA) is 38.0 Å². The first kappa shape index (κ1) is 10.0. The molecular weight excluding hydrogens is 148 g/mol. The van der Waals surface area contributed by atoms with Crippen molar-refractivity contribution >= 4 is 0 Å². The molecule has 0 aromatic heterocycles. The molecule has 1 atom stereocenters. The van der Waals surface area contributed by atoms with Gasteiger partial charge in [0.15, 0.2) is 0 Å². The Morgan fingerprint density at radius 2 is 2.08 bits per heavy atom. The van der Waals surface area contributed by atoms with Crippen molar-refractivity contribution in [1.29, 1.82) is 0 Å². The van der Waals surface area contributed by atoms with E-state index in [1.54, 1.807) is 0 Å². The average molecular weight is 170 g/mol. The minimum atomic E-state index is 0.722. The van der Waals surface area contributed by atoms with Gasteiger partial charge in [0, 0.05) is 0 Å². The lowest BCUT2D eigenvalue weighted by atomic mass is 9.90. The van der Waals surface area contributed by atoms with Gasteiger partial charge in [0.2, 0.25) is 0 Å². The van der Waals surface area contributed by atoms with Crippen LogP contribution in [0.2, 0.25) is 0 Å². The maximum absolute atomic E-state index is 5.58. The van der Waals surface area contributed by atoms with Gasteiger partial charge in [0.05, 0.1) is 0 Å². The third kappa shape index (κ3) is 3.55. The number of hydrogen-bond acceptors (Lipinski definition) is 2. The summed E-state index contributed by atoms with van der Waals surface area (Å²) in [4.78, 5) is 0. The number of rotatable bonds is 4. The van der Waals surface area contributed by atoms with Crippen LogP contribution in [0.15, 0.2) is 0 Å². The van der Waals surface area contributed by atoms with Crippen LogP contribution in [0.4, 0.5) is 0 Å². The molecule has 1 heterocycles. The van der Waals surface area contributed by atoms with Gasteiger partial charge in [-0.1, -0.05) is 13.3 Å². The molecule has 0 spiro atoms. The second-order valence-electron chi connectivity index (χ2n) is 4.11. The average Bonchev–Trinajstić information content (AvgIpc) is 2.16. The molecule has 1 unspecified atom stereocenters. The van der Waals surface area contributed by atoms with Gasteiger partial charge in [-0.05, 0) is 50.7 Å². The molecule has 3 N–H and O–H groups in total. The molecule has 2 heteroatoms. The quantitative estimate of drug-likeness (QED) is 0.668. The Kier molecular flexibility index (Phi) is 4.62. The van der Waals surface area contributed by atoms with E-state index in [9.17, 15) is 0 Å². The fraction of sp³-hybridized carbons (Fsp3) is 1.00. The summed E-state index contributed by atoms with van der Waals surface area (Å²) in [5.74, 6) is 1.69. The smallest absolute Gasteiger partial charge is 0.00463 e. The minimum Gasteiger partial charge on any atom is -0.330 e. The first-order chi connectivity index (χ1) is 5.83. The molecule has 0 aromatic carbocycles. The number of nitrogens with two attached hydrogens (primary N) is 1. The third-order valence-corrected chi connectivity index (χ3v) is 2.93. The highest BCUT2D eigenvalue weighted by atomic mass is 14.9. The van der Waals surface area contributed by atoms with Gasteiger partial charge >= 0.3 is 0 Å². The van der Waals surface area contributed by atoms with Gasteiger partial charge in [0.1, 0.15) is 0 Å². The molecule has 12 heavy (non-hydrogen) atoms. The van der Waals surface area contributed by atoms with E-state index in [0.717, 1.165) is 18.4 Å². The van der Waals surface area contributed by atoms with Crippen LogP contribution in [0.25, 0.3) is 0 Å². The minimum absolute atomic E-state index is 0.722. The van der Waals surface area contributed by atoms with Crippen molar-refractivity contribution in [2.24, 2.45) is 17.6 Å². The predicted molar refractivity (Wildman–Crippen MR) is 53.0 cm³/mol. The summed E-state index contributed by atoms with van der Waals surface area (Å²) in [6, 6.07) is 0. The number of hydrogen-bond donors (Lipinski definition) is 2. The fourth-order valence-corrected chi connectivity index (χ4v) is 1.81. The van der Waals surface area contributed by atoms with Crippen molar-refractivity contribution in [2.45, 2.75) is 32.6 Å². The van der Waals surface area contributed by atoms with E-state index in [4.69, 9.17) is 5.73 Å². The molecule has 1 fully saturated rings. The molecule has 72 valence electrons. The molecule has 1 aliphatic rings. The summed E-state index contributed by atoms with van der Waals surface area (Å²) in [6.45, 7) is 5.55. The highest BCUT2D eigenvalue weighted by Crippen LogP contribution is 2.19. The van der Waals surface area contributed by atoms with Crippen LogP contribution >= 0.6 is 0 Å². The van der Waals surface area contributed by atoms with Crippen LogP contribution in [0.1, 0.15) is 32.6 Å². The van der Waals surface area contributed by atoms with Gasteiger partial charge in [-0.25, -0.2) is 0 Å². The molecule has 0 bridgehead atoms. The standard InChI is InChI=1S/C10H22N2/c1-9(8-11)2-3-10-4-6-12-7-5-10/h9-10,12H,2-8,11H2,1H3. The van der Waals surface area contributed by atoms with Crippen LogP contribution in [0, 0.1) is 11.8 Å². The normalized spacial score (nSPS) is 22.5. The first-order valence-corrected chi connectivity index (χ1v) is 5.23. The van der Waals surface area contributed by atoms with E-state index in [1.165, 1.54) is 38.8 Å². The number of piperidine rings is 1. The van der Waals surface area contributed by atoms with Crippen molar-refractivity contribution in [1.82, 2.24) is 5.32 Å². The fourth-order valence-electron chi connectivity index (χ4n) is 1.81. The molecule has 1 saturated heterocycles. The summed E-state index contributed by atoms with van der Waals surface area (Å²) in [5.41, 5.74) is 5.58. The Labute approximate surface area is 75.9 Å². The van der Waals surface area contributed by atoms with E-state index < -0.39 is 0 Å². The zero-order valence-electron chi connectivity index (χ0n) is 8.18. The maximum atomic E-state index is 5.58. The molecule has 0 aromatic rings. The lowest BCUT2D eigenvalue weighted by Gasteiger charge is -2.23. The van der Waals surface area contributed by atoms with E-state index in [2.05, 4.69) is 12.2 Å². The van der Waals surface area contributed by atoms with Crippen molar-refractivity contribution in [3.8, 4) is 0 Å². The zero-order chi connectivity index (χ0) is 8.81. The highest BCUT2D eigenvalue weighted by Gasteiger charge is 2.13. The van der Waals surface area contributed by atoms with Gasteiger partial charge in [-0.15, -0.1) is 0 Å². The Hall–Kier alpha value is -0.0800. The lowest BCUT2D eigenvalue weighted by molar-refractivity contribution is 0.326. The van der Waals surface area contributed by atoms with Crippen LogP contribution in [0.3, 0.4) is 0 Å². The predicted octanol–water partition coefficient (Wildman–Crippen LogP) is 1.36. The molecule has 1 aliphatic heterocycles. The molecular formula is C10H22N2. The third-order valence-electron chi connectivity index (χ3n) is 2.93. The molecule has 0 radical (unpaired) electrons. The zero-order valence-corrected chi connectivity index (χ0v) is 8.18. The lowest BCUT2D eigenvalue weighted by Crippen LogP contribution is -2.28. The molecule has 0 saturated carbocycles. The van der Waals surface area contributed by atoms with Crippen molar-refractivity contribution < 1.29 is 0 Å². The van der Waals surface area contributed by atoms with E-state index in [1.807, 2.05) is 0 Å². The number of nitrogens with one attached hydrogen (secondary N) is 1. The summed E-state index contributed by atoms with van der Waals surface area (Å²) in [5, 5.41) is 3.39. The first-order valence-electron chi connectivity index (χ1n) is 5.23. The summed E-state index contributed by atoms with van der Waals surface area (Å²) >= 11 is 0. The van der Waals surface area contributed by atoms with Crippen molar-refractivity contribution in [3.63, 3.8) is 0 Å². The summed E-state index contributed by atoms with van der Waals surface area (Å²) in [7, 11) is 0. The van der Waals surface area contributed by atoms with Crippen LogP contribution in [0.5, 0.6) is 0 Å². The Morgan fingerprint density at radius 3 is 2.67 bits per heavy atom. The van der Waals surface area contributed by atoms with Crippen LogP contribution < -0.4 is 11.1 Å². The molecule has 1 rings (SSSR count). The Morgan fingerprint density at radius 1 is 1.42 bits per heavy atom. The maximum Gasteiger partial charge on any atom is -0.00463 e. The van der Waals surface area contributed by atoms with Crippen molar-refractivity contribution in [2.75, 3.05) is 19.6 Å². The van der Waals surface area contributed by atoms with E-state index >= 15 is 0 Å². The second kappa shape index (κ2) is 5.55. The molecule has 0 aliphatic carbocycles. The Balaban J connectivity index is 2.05. The van der Waals surface area contributed by atoms with Gasteiger partial charge < -0.3 is 11.1 Å². The monoisotopic (exact) mass is 170 g/mol. The van der Waals surface area contributed by atoms with Crippen LogP contribution in [-0.2, 0) is 0 Å². The van der Waals surface area contributed by atoms with Crippen molar-refractivity contribution in [3.05, 3.63) is 0 Å². The largest absolute Gasteiger partial charge is 0.330 e. The SMILES string of the molecule is CC(CN)CCC1CCNCC1. The van der Waals surface area contributed by atoms with E-state index in [0.29, 0.717) is 0 Å². The molecule has 2 nitrogen and oxygen atoms in total. The van der Waals surface area contributed by atoms with E-state index in [-0.39, 0.29) is 0 Å². The van der Waals surface area contributed by atoms with Gasteiger partial charge in [-0.2, -0.15) is 0 Å². The van der Waals surface area contributed by atoms with Gasteiger partial charge in [0.25, 0.3) is 0 Å². The summed E-state index contributed by atoms with van der Waals surface area (Å²) in [6.07, 6.45) is 5.45. The molecule has 0 amide bonds. The van der Waals surface area contributed by atoms with Gasteiger partial charge in [-0.3, -0.25) is 0 Å².